The lowest BCUT2D eigenvalue weighted by Gasteiger charge is -2.44. The van der Waals surface area contributed by atoms with Crippen LogP contribution in [0.3, 0.4) is 0 Å². The van der Waals surface area contributed by atoms with E-state index in [1.165, 1.54) is 24.8 Å². The van der Waals surface area contributed by atoms with E-state index in [0.29, 0.717) is 29.8 Å². The molecule has 0 radical (unpaired) electrons. The Kier molecular flexibility index (Phi) is 5.84. The summed E-state index contributed by atoms with van der Waals surface area (Å²) in [7, 11) is 0. The molecule has 2 N–H and O–H groups in total. The molecule has 0 aromatic heterocycles. The highest BCUT2D eigenvalue weighted by molar-refractivity contribution is 5.79. The van der Waals surface area contributed by atoms with E-state index in [1.54, 1.807) is 0 Å². The summed E-state index contributed by atoms with van der Waals surface area (Å²) in [6.45, 7) is 6.03. The van der Waals surface area contributed by atoms with Crippen LogP contribution in [0.2, 0.25) is 0 Å². The third-order valence-corrected chi connectivity index (χ3v) is 7.40. The Morgan fingerprint density at radius 1 is 1.04 bits per heavy atom. The first-order valence-electron chi connectivity index (χ1n) is 10.9. The fourth-order valence-corrected chi connectivity index (χ4v) is 5.63. The topological polar surface area (TPSA) is 49.6 Å². The monoisotopic (exact) mass is 369 g/mol. The third-order valence-electron chi connectivity index (χ3n) is 7.40. The predicted molar refractivity (Wildman–Crippen MR) is 109 cm³/mol. The smallest absolute Gasteiger partial charge is 0.225 e. The van der Waals surface area contributed by atoms with E-state index in [0.717, 1.165) is 45.4 Å². The van der Waals surface area contributed by atoms with Crippen LogP contribution in [0.5, 0.6) is 0 Å². The summed E-state index contributed by atoms with van der Waals surface area (Å²) in [5.74, 6) is 1.78. The summed E-state index contributed by atoms with van der Waals surface area (Å²) in [6.07, 6.45) is 6.87. The van der Waals surface area contributed by atoms with Crippen molar-refractivity contribution in [2.45, 2.75) is 64.1 Å². The highest BCUT2D eigenvalue weighted by Crippen LogP contribution is 2.42. The van der Waals surface area contributed by atoms with Crippen LogP contribution in [0.4, 0.5) is 0 Å². The largest absolute Gasteiger partial charge is 0.341 e. The molecular formula is C23H35N3O. The molecule has 148 valence electrons. The minimum absolute atomic E-state index is 0.219. The van der Waals surface area contributed by atoms with Crippen LogP contribution >= 0.6 is 0 Å². The molecule has 3 unspecified atom stereocenters. The van der Waals surface area contributed by atoms with Crippen LogP contribution in [0.1, 0.15) is 51.0 Å². The van der Waals surface area contributed by atoms with E-state index < -0.39 is 0 Å². The lowest BCUT2D eigenvalue weighted by atomic mass is 9.65. The Balaban J connectivity index is 1.36. The molecule has 4 heteroatoms. The van der Waals surface area contributed by atoms with Gasteiger partial charge in [0.2, 0.25) is 5.91 Å². The number of nitrogens with zero attached hydrogens (tertiary/aromatic N) is 2. The zero-order valence-electron chi connectivity index (χ0n) is 16.7. The van der Waals surface area contributed by atoms with Gasteiger partial charge in [-0.15, -0.1) is 0 Å². The zero-order chi connectivity index (χ0) is 18.8. The first kappa shape index (κ1) is 18.9. The molecule has 2 saturated carbocycles. The number of amides is 1. The number of rotatable bonds is 3. The number of fused-ring (bicyclic) bond motifs is 2. The minimum atomic E-state index is 0.219. The fourth-order valence-electron chi connectivity index (χ4n) is 5.63. The quantitative estimate of drug-likeness (QED) is 0.890. The number of carbonyl (C=O) groups is 1. The molecule has 1 saturated heterocycles. The summed E-state index contributed by atoms with van der Waals surface area (Å²) >= 11 is 0. The van der Waals surface area contributed by atoms with Gasteiger partial charge >= 0.3 is 0 Å². The second-order valence-electron chi connectivity index (χ2n) is 9.12. The van der Waals surface area contributed by atoms with Gasteiger partial charge in [0, 0.05) is 44.2 Å². The highest BCUT2D eigenvalue weighted by atomic mass is 16.2. The second kappa shape index (κ2) is 8.32. The molecule has 3 fully saturated rings. The van der Waals surface area contributed by atoms with Crippen molar-refractivity contribution in [3.8, 4) is 0 Å². The van der Waals surface area contributed by atoms with Crippen LogP contribution in [-0.4, -0.2) is 47.4 Å². The van der Waals surface area contributed by atoms with Crippen molar-refractivity contribution in [2.75, 3.05) is 19.6 Å². The van der Waals surface area contributed by atoms with Crippen molar-refractivity contribution >= 4 is 5.91 Å². The van der Waals surface area contributed by atoms with E-state index in [1.807, 2.05) is 0 Å². The molecule has 4 nitrogen and oxygen atoms in total. The molecule has 1 heterocycles. The standard InChI is InChI=1S/C23H35N3O/c1-17-10-11-25(12-13-26(17)16-18-6-3-2-4-7-18)23(27)21-14-19-8-5-9-20(15-21)22(19)24/h2-4,6-7,17,19-22H,5,8-16,24H2,1H3. The van der Waals surface area contributed by atoms with Gasteiger partial charge in [-0.3, -0.25) is 9.69 Å². The van der Waals surface area contributed by atoms with E-state index >= 15 is 0 Å². The van der Waals surface area contributed by atoms with Gasteiger partial charge in [0.1, 0.15) is 0 Å². The molecule has 1 aromatic carbocycles. The minimum Gasteiger partial charge on any atom is -0.341 e. The van der Waals surface area contributed by atoms with Crippen LogP contribution in [0, 0.1) is 17.8 Å². The number of hydrogen-bond donors (Lipinski definition) is 1. The molecule has 4 rings (SSSR count). The Morgan fingerprint density at radius 2 is 1.74 bits per heavy atom. The summed E-state index contributed by atoms with van der Waals surface area (Å²) in [4.78, 5) is 18.0. The molecule has 3 atom stereocenters. The molecule has 27 heavy (non-hydrogen) atoms. The van der Waals surface area contributed by atoms with Gasteiger partial charge in [-0.05, 0) is 56.4 Å². The number of hydrogen-bond acceptors (Lipinski definition) is 3. The van der Waals surface area contributed by atoms with Gasteiger partial charge in [0.05, 0.1) is 0 Å². The summed E-state index contributed by atoms with van der Waals surface area (Å²) in [5, 5.41) is 0. The van der Waals surface area contributed by atoms with E-state index in [4.69, 9.17) is 5.73 Å². The molecule has 3 aliphatic rings. The molecule has 1 amide bonds. The molecule has 2 aliphatic carbocycles. The average Bonchev–Trinajstić information content (AvgIpc) is 2.84. The first-order chi connectivity index (χ1) is 13.1. The maximum Gasteiger partial charge on any atom is 0.225 e. The van der Waals surface area contributed by atoms with Crippen molar-refractivity contribution < 1.29 is 4.79 Å². The first-order valence-corrected chi connectivity index (χ1v) is 10.9. The Hall–Kier alpha value is -1.39. The average molecular weight is 370 g/mol. The highest BCUT2D eigenvalue weighted by Gasteiger charge is 2.41. The van der Waals surface area contributed by atoms with Gasteiger partial charge in [-0.2, -0.15) is 0 Å². The van der Waals surface area contributed by atoms with Crippen LogP contribution < -0.4 is 5.73 Å². The molecule has 1 aromatic rings. The van der Waals surface area contributed by atoms with Gasteiger partial charge in [0.25, 0.3) is 0 Å². The number of carbonyl (C=O) groups excluding carboxylic acids is 1. The van der Waals surface area contributed by atoms with E-state index in [2.05, 4.69) is 47.1 Å². The molecule has 1 aliphatic heterocycles. The summed E-state index contributed by atoms with van der Waals surface area (Å²) in [5.41, 5.74) is 7.79. The SMILES string of the molecule is CC1CCN(C(=O)C2CC3CCCC(C2)C3N)CCN1Cc1ccccc1. The molecule has 2 bridgehead atoms. The maximum absolute atomic E-state index is 13.3. The van der Waals surface area contributed by atoms with Gasteiger partial charge < -0.3 is 10.6 Å². The summed E-state index contributed by atoms with van der Waals surface area (Å²) in [6, 6.07) is 11.5. The predicted octanol–water partition coefficient (Wildman–Crippen LogP) is 3.26. The van der Waals surface area contributed by atoms with Crippen LogP contribution in [0.25, 0.3) is 0 Å². The third kappa shape index (κ3) is 4.22. The Labute approximate surface area is 164 Å². The van der Waals surface area contributed by atoms with Crippen molar-refractivity contribution in [1.29, 1.82) is 0 Å². The van der Waals surface area contributed by atoms with Crippen molar-refractivity contribution in [3.05, 3.63) is 35.9 Å². The number of nitrogens with two attached hydrogens (primary N) is 1. The van der Waals surface area contributed by atoms with Crippen molar-refractivity contribution in [1.82, 2.24) is 9.80 Å². The normalized spacial score (nSPS) is 34.9. The van der Waals surface area contributed by atoms with Crippen LogP contribution in [-0.2, 0) is 11.3 Å². The zero-order valence-corrected chi connectivity index (χ0v) is 16.7. The van der Waals surface area contributed by atoms with E-state index in [9.17, 15) is 4.79 Å². The second-order valence-corrected chi connectivity index (χ2v) is 9.12. The molecule has 0 spiro atoms. The summed E-state index contributed by atoms with van der Waals surface area (Å²) < 4.78 is 0. The maximum atomic E-state index is 13.3. The fraction of sp³-hybridized carbons (Fsp3) is 0.696. The van der Waals surface area contributed by atoms with Gasteiger partial charge in [-0.25, -0.2) is 0 Å². The van der Waals surface area contributed by atoms with Gasteiger partial charge in [0.15, 0.2) is 0 Å². The lowest BCUT2D eigenvalue weighted by molar-refractivity contribution is -0.138. The molecular weight excluding hydrogens is 334 g/mol. The van der Waals surface area contributed by atoms with Crippen molar-refractivity contribution in [2.24, 2.45) is 23.5 Å². The lowest BCUT2D eigenvalue weighted by Crippen LogP contribution is -2.50. The Morgan fingerprint density at radius 3 is 2.44 bits per heavy atom. The van der Waals surface area contributed by atoms with Crippen molar-refractivity contribution in [3.63, 3.8) is 0 Å². The van der Waals surface area contributed by atoms with Crippen LogP contribution in [0.15, 0.2) is 30.3 Å². The number of benzene rings is 1. The Bertz CT molecular complexity index is 620. The van der Waals surface area contributed by atoms with E-state index in [-0.39, 0.29) is 5.92 Å². The van der Waals surface area contributed by atoms with Gasteiger partial charge in [-0.1, -0.05) is 36.8 Å².